The molecule has 0 aliphatic rings. The zero-order valence-corrected chi connectivity index (χ0v) is 8.26. The first kappa shape index (κ1) is 11.5. The van der Waals surface area contributed by atoms with E-state index in [1.165, 1.54) is 0 Å². The van der Waals surface area contributed by atoms with Gasteiger partial charge in [-0.2, -0.15) is 0 Å². The van der Waals surface area contributed by atoms with Crippen LogP contribution in [0.2, 0.25) is 0 Å². The summed E-state index contributed by atoms with van der Waals surface area (Å²) in [6, 6.07) is 0. The van der Waals surface area contributed by atoms with Gasteiger partial charge in [-0.05, 0) is 13.8 Å². The van der Waals surface area contributed by atoms with Gasteiger partial charge in [0.05, 0.1) is 6.42 Å². The molecule has 13 heavy (non-hydrogen) atoms. The van der Waals surface area contributed by atoms with Crippen molar-refractivity contribution in [3.63, 3.8) is 0 Å². The topological polar surface area (TPSA) is 26.3 Å². The van der Waals surface area contributed by atoms with Crippen molar-refractivity contribution in [2.45, 2.75) is 27.2 Å². The van der Waals surface area contributed by atoms with Crippen molar-refractivity contribution in [2.75, 3.05) is 0 Å². The minimum absolute atomic E-state index is 0.291. The third kappa shape index (κ3) is 6.89. The van der Waals surface area contributed by atoms with Crippen LogP contribution in [0.5, 0.6) is 0 Å². The zero-order chi connectivity index (χ0) is 10.1. The van der Waals surface area contributed by atoms with Crippen molar-refractivity contribution in [2.24, 2.45) is 0 Å². The molecule has 0 aliphatic heterocycles. The van der Waals surface area contributed by atoms with Crippen molar-refractivity contribution >= 4 is 5.97 Å². The molecule has 0 aromatic carbocycles. The molecule has 0 fully saturated rings. The van der Waals surface area contributed by atoms with Gasteiger partial charge < -0.3 is 4.74 Å². The van der Waals surface area contributed by atoms with Crippen LogP contribution in [0.25, 0.3) is 0 Å². The Morgan fingerprint density at radius 2 is 2.23 bits per heavy atom. The molecule has 0 bridgehead atoms. The van der Waals surface area contributed by atoms with Gasteiger partial charge in [0.1, 0.15) is 6.11 Å². The van der Waals surface area contributed by atoms with E-state index in [4.69, 9.17) is 0 Å². The van der Waals surface area contributed by atoms with E-state index in [-0.39, 0.29) is 5.97 Å². The Hall–Kier alpha value is -1.49. The maximum Gasteiger partial charge on any atom is 0.323 e. The van der Waals surface area contributed by atoms with E-state index in [1.807, 2.05) is 32.1 Å². The normalized spacial score (nSPS) is 10.8. The number of carbonyl (C=O) groups is 1. The first-order valence-electron chi connectivity index (χ1n) is 4.10. The van der Waals surface area contributed by atoms with Crippen LogP contribution >= 0.6 is 0 Å². The summed E-state index contributed by atoms with van der Waals surface area (Å²) in [5.74, 6) is 2.18. The van der Waals surface area contributed by atoms with Crippen LogP contribution in [0.15, 0.2) is 23.8 Å². The summed E-state index contributed by atoms with van der Waals surface area (Å²) in [5.41, 5.74) is 0.959. The summed E-state index contributed by atoms with van der Waals surface area (Å²) < 4.78 is 4.58. The molecule has 0 spiro atoms. The lowest BCUT2D eigenvalue weighted by molar-refractivity contribution is -0.136. The quantitative estimate of drug-likeness (QED) is 0.377. The summed E-state index contributed by atoms with van der Waals surface area (Å²) in [7, 11) is 0. The molecule has 0 amide bonds. The molecule has 0 unspecified atom stereocenters. The SMILES string of the molecule is CC#COC(=O)C/C(C)=C/C=C\C. The molecule has 2 heteroatoms. The van der Waals surface area contributed by atoms with Gasteiger partial charge in [0.15, 0.2) is 0 Å². The average Bonchev–Trinajstić information content (AvgIpc) is 2.11. The first-order chi connectivity index (χ1) is 6.20. The van der Waals surface area contributed by atoms with Crippen LogP contribution in [0, 0.1) is 12.0 Å². The molecule has 0 aromatic rings. The van der Waals surface area contributed by atoms with E-state index < -0.39 is 0 Å². The zero-order valence-electron chi connectivity index (χ0n) is 8.26. The Kier molecular flexibility index (Phi) is 6.35. The standard InChI is InChI=1S/C11H14O2/c1-4-6-7-10(3)9-11(12)13-8-5-2/h4,6-7H,9H2,1-3H3/b6-4-,10-7+. The monoisotopic (exact) mass is 178 g/mol. The summed E-state index contributed by atoms with van der Waals surface area (Å²) >= 11 is 0. The van der Waals surface area contributed by atoms with E-state index >= 15 is 0 Å². The Bertz CT molecular complexity index is 274. The van der Waals surface area contributed by atoms with Gasteiger partial charge in [0, 0.05) is 6.92 Å². The summed E-state index contributed by atoms with van der Waals surface area (Å²) in [6.45, 7) is 5.42. The van der Waals surface area contributed by atoms with Gasteiger partial charge >= 0.3 is 5.97 Å². The third-order valence-electron chi connectivity index (χ3n) is 1.26. The van der Waals surface area contributed by atoms with E-state index in [0.717, 1.165) is 5.57 Å². The number of rotatable bonds is 3. The minimum atomic E-state index is -0.312. The molecule has 0 aromatic heterocycles. The Morgan fingerprint density at radius 3 is 2.77 bits per heavy atom. The highest BCUT2D eigenvalue weighted by molar-refractivity contribution is 5.73. The second kappa shape index (κ2) is 7.17. The van der Waals surface area contributed by atoms with Crippen LogP contribution in [0.3, 0.4) is 0 Å². The predicted octanol–water partition coefficient (Wildman–Crippen LogP) is 2.42. The molecule has 0 rings (SSSR count). The Morgan fingerprint density at radius 1 is 1.54 bits per heavy atom. The lowest BCUT2D eigenvalue weighted by Gasteiger charge is -1.95. The van der Waals surface area contributed by atoms with Gasteiger partial charge in [0.25, 0.3) is 0 Å². The van der Waals surface area contributed by atoms with Crippen LogP contribution in [-0.2, 0) is 9.53 Å². The van der Waals surface area contributed by atoms with Crippen molar-refractivity contribution < 1.29 is 9.53 Å². The number of esters is 1. The second-order valence-electron chi connectivity index (χ2n) is 2.54. The van der Waals surface area contributed by atoms with Crippen molar-refractivity contribution in [1.82, 2.24) is 0 Å². The smallest absolute Gasteiger partial charge is 0.323 e. The average molecular weight is 178 g/mol. The fraction of sp³-hybridized carbons (Fsp3) is 0.364. The molecule has 0 aliphatic carbocycles. The van der Waals surface area contributed by atoms with E-state index in [1.54, 1.807) is 6.92 Å². The molecule has 0 N–H and O–H groups in total. The number of ether oxygens (including phenoxy) is 1. The van der Waals surface area contributed by atoms with Crippen LogP contribution in [0.1, 0.15) is 27.2 Å². The molecular weight excluding hydrogens is 164 g/mol. The fourth-order valence-corrected chi connectivity index (χ4v) is 0.691. The number of hydrogen-bond acceptors (Lipinski definition) is 2. The molecular formula is C11H14O2. The molecule has 0 heterocycles. The fourth-order valence-electron chi connectivity index (χ4n) is 0.691. The lowest BCUT2D eigenvalue weighted by Crippen LogP contribution is -1.99. The van der Waals surface area contributed by atoms with Crippen LogP contribution < -0.4 is 0 Å². The van der Waals surface area contributed by atoms with Crippen molar-refractivity contribution in [3.05, 3.63) is 23.8 Å². The van der Waals surface area contributed by atoms with Gasteiger partial charge in [-0.25, -0.2) is 0 Å². The number of hydrogen-bond donors (Lipinski definition) is 0. The van der Waals surface area contributed by atoms with Crippen molar-refractivity contribution in [3.8, 4) is 12.0 Å². The van der Waals surface area contributed by atoms with E-state index in [9.17, 15) is 4.79 Å². The van der Waals surface area contributed by atoms with Gasteiger partial charge in [0.2, 0.25) is 0 Å². The van der Waals surface area contributed by atoms with Gasteiger partial charge in [-0.15, -0.1) is 0 Å². The lowest BCUT2D eigenvalue weighted by atomic mass is 10.2. The molecule has 0 saturated heterocycles. The van der Waals surface area contributed by atoms with Crippen LogP contribution in [0.4, 0.5) is 0 Å². The molecule has 0 saturated carbocycles. The van der Waals surface area contributed by atoms with Crippen molar-refractivity contribution in [1.29, 1.82) is 0 Å². The molecule has 70 valence electrons. The first-order valence-corrected chi connectivity index (χ1v) is 4.10. The highest BCUT2D eigenvalue weighted by Crippen LogP contribution is 2.01. The van der Waals surface area contributed by atoms with Gasteiger partial charge in [-0.1, -0.05) is 29.7 Å². The minimum Gasteiger partial charge on any atom is -0.372 e. The largest absolute Gasteiger partial charge is 0.372 e. The highest BCUT2D eigenvalue weighted by atomic mass is 16.5. The number of carbonyl (C=O) groups excluding carboxylic acids is 1. The van der Waals surface area contributed by atoms with Crippen LogP contribution in [-0.4, -0.2) is 5.97 Å². The summed E-state index contributed by atoms with van der Waals surface area (Å²) in [6.07, 6.45) is 8.22. The maximum atomic E-state index is 11.0. The Labute approximate surface area is 79.3 Å². The molecule has 2 nitrogen and oxygen atoms in total. The summed E-state index contributed by atoms with van der Waals surface area (Å²) in [5, 5.41) is 0. The number of allylic oxidation sites excluding steroid dienone is 3. The highest BCUT2D eigenvalue weighted by Gasteiger charge is 2.00. The summed E-state index contributed by atoms with van der Waals surface area (Å²) in [4.78, 5) is 11.0. The molecule has 0 atom stereocenters. The Balaban J connectivity index is 3.95. The maximum absolute atomic E-state index is 11.0. The third-order valence-corrected chi connectivity index (χ3v) is 1.26. The van der Waals surface area contributed by atoms with E-state index in [0.29, 0.717) is 6.42 Å². The van der Waals surface area contributed by atoms with E-state index in [2.05, 4.69) is 16.8 Å². The van der Waals surface area contributed by atoms with Gasteiger partial charge in [-0.3, -0.25) is 4.79 Å². The molecule has 0 radical (unpaired) electrons. The predicted molar refractivity (Wildman–Crippen MR) is 52.7 cm³/mol. The second-order valence-corrected chi connectivity index (χ2v) is 2.54.